The number of nitrogen functional groups attached to an aromatic ring is 1. The predicted octanol–water partition coefficient (Wildman–Crippen LogP) is 4.74. The second kappa shape index (κ2) is 5.50. The Morgan fingerprint density at radius 1 is 1.33 bits per heavy atom. The molecule has 108 valence electrons. The van der Waals surface area contributed by atoms with Crippen LogP contribution < -0.4 is 5.73 Å². The maximum Gasteiger partial charge on any atom is 0.153 e. The summed E-state index contributed by atoms with van der Waals surface area (Å²) < 4.78 is 13.2. The summed E-state index contributed by atoms with van der Waals surface area (Å²) in [5, 5.41) is 7.34. The highest BCUT2D eigenvalue weighted by Crippen LogP contribution is 2.40. The Kier molecular flexibility index (Phi) is 3.69. The van der Waals surface area contributed by atoms with E-state index in [1.54, 1.807) is 17.4 Å². The van der Waals surface area contributed by atoms with Gasteiger partial charge >= 0.3 is 0 Å². The molecule has 0 spiro atoms. The molecule has 2 aromatic heterocycles. The van der Waals surface area contributed by atoms with Crippen LogP contribution in [0.5, 0.6) is 0 Å². The first-order valence-corrected chi connectivity index (χ1v) is 7.68. The Hall–Kier alpha value is -1.85. The predicted molar refractivity (Wildman–Crippen MR) is 86.1 cm³/mol. The van der Waals surface area contributed by atoms with Crippen molar-refractivity contribution in [2.45, 2.75) is 13.3 Å². The van der Waals surface area contributed by atoms with Gasteiger partial charge in [-0.05, 0) is 36.8 Å². The zero-order valence-electron chi connectivity index (χ0n) is 11.3. The van der Waals surface area contributed by atoms with Gasteiger partial charge in [-0.3, -0.25) is 5.10 Å². The van der Waals surface area contributed by atoms with Crippen molar-refractivity contribution in [1.29, 1.82) is 0 Å². The highest BCUT2D eigenvalue weighted by atomic mass is 35.5. The molecule has 3 aromatic rings. The first-order chi connectivity index (χ1) is 10.1. The lowest BCUT2D eigenvalue weighted by atomic mass is 10.0. The molecule has 0 fully saturated rings. The number of nitrogens with zero attached hydrogens (tertiary/aromatic N) is 1. The Labute approximate surface area is 130 Å². The smallest absolute Gasteiger partial charge is 0.153 e. The number of aromatic amines is 1. The molecule has 0 saturated heterocycles. The van der Waals surface area contributed by atoms with E-state index in [2.05, 4.69) is 23.2 Å². The second-order valence-electron chi connectivity index (χ2n) is 4.60. The first-order valence-electron chi connectivity index (χ1n) is 6.48. The molecule has 6 heteroatoms. The lowest BCUT2D eigenvalue weighted by Crippen LogP contribution is -1.89. The number of hydrogen-bond acceptors (Lipinski definition) is 3. The van der Waals surface area contributed by atoms with Crippen molar-refractivity contribution >= 4 is 28.8 Å². The molecule has 0 atom stereocenters. The highest BCUT2D eigenvalue weighted by Gasteiger charge is 2.18. The third kappa shape index (κ3) is 2.54. The van der Waals surface area contributed by atoms with Crippen molar-refractivity contribution < 1.29 is 4.39 Å². The van der Waals surface area contributed by atoms with Gasteiger partial charge in [0.25, 0.3) is 0 Å². The number of aryl methyl sites for hydroxylation is 1. The quantitative estimate of drug-likeness (QED) is 0.732. The fraction of sp³-hybridized carbons (Fsp3) is 0.133. The number of hydrogen-bond donors (Lipinski definition) is 2. The summed E-state index contributed by atoms with van der Waals surface area (Å²) in [7, 11) is 0. The molecule has 0 aliphatic carbocycles. The van der Waals surface area contributed by atoms with Crippen LogP contribution in [-0.2, 0) is 6.42 Å². The number of nitrogens with one attached hydrogen (secondary N) is 1. The normalized spacial score (nSPS) is 11.0. The van der Waals surface area contributed by atoms with Crippen LogP contribution in [0.25, 0.3) is 21.7 Å². The van der Waals surface area contributed by atoms with E-state index >= 15 is 0 Å². The minimum Gasteiger partial charge on any atom is -0.382 e. The minimum absolute atomic E-state index is 0.316. The molecule has 0 unspecified atom stereocenters. The van der Waals surface area contributed by atoms with Crippen LogP contribution in [0.1, 0.15) is 11.8 Å². The Bertz CT molecular complexity index is 794. The minimum atomic E-state index is -0.378. The molecule has 3 nitrogen and oxygen atoms in total. The summed E-state index contributed by atoms with van der Waals surface area (Å²) in [5.41, 5.74) is 8.16. The van der Waals surface area contributed by atoms with E-state index in [9.17, 15) is 4.39 Å². The van der Waals surface area contributed by atoms with E-state index < -0.39 is 0 Å². The van der Waals surface area contributed by atoms with E-state index in [-0.39, 0.29) is 5.82 Å². The molecule has 0 saturated carbocycles. The van der Waals surface area contributed by atoms with E-state index in [4.69, 9.17) is 17.3 Å². The summed E-state index contributed by atoms with van der Waals surface area (Å²) >= 11 is 7.82. The summed E-state index contributed by atoms with van der Waals surface area (Å²) in [6.07, 6.45) is 0.973. The lowest BCUT2D eigenvalue weighted by molar-refractivity contribution is 0.628. The van der Waals surface area contributed by atoms with Gasteiger partial charge in [0.1, 0.15) is 5.82 Å². The molecule has 0 aliphatic heterocycles. The molecular formula is C15H13ClFN3S. The van der Waals surface area contributed by atoms with Crippen molar-refractivity contribution in [3.8, 4) is 21.7 Å². The van der Waals surface area contributed by atoms with Crippen molar-refractivity contribution in [3.05, 3.63) is 46.0 Å². The van der Waals surface area contributed by atoms with Crippen LogP contribution in [0.3, 0.4) is 0 Å². The number of rotatable bonds is 3. The summed E-state index contributed by atoms with van der Waals surface area (Å²) in [4.78, 5) is 2.31. The summed E-state index contributed by atoms with van der Waals surface area (Å²) in [6, 6.07) is 8.36. The molecular weight excluding hydrogens is 309 g/mol. The molecule has 2 heterocycles. The third-order valence-corrected chi connectivity index (χ3v) is 4.81. The van der Waals surface area contributed by atoms with Crippen molar-refractivity contribution in [2.24, 2.45) is 0 Å². The Morgan fingerprint density at radius 2 is 2.14 bits per heavy atom. The SMILES string of the molecule is CCc1ccc(-c2[nH]nc(N)c2-c2ccc(F)cc2Cl)s1. The lowest BCUT2D eigenvalue weighted by Gasteiger charge is -2.05. The molecule has 0 radical (unpaired) electrons. The number of thiophene rings is 1. The van der Waals surface area contributed by atoms with Gasteiger partial charge in [-0.1, -0.05) is 18.5 Å². The summed E-state index contributed by atoms with van der Waals surface area (Å²) in [5.74, 6) is -0.0262. The van der Waals surface area contributed by atoms with Crippen LogP contribution in [0.4, 0.5) is 10.2 Å². The average molecular weight is 322 g/mol. The zero-order valence-corrected chi connectivity index (χ0v) is 12.9. The van der Waals surface area contributed by atoms with Crippen molar-refractivity contribution in [1.82, 2.24) is 10.2 Å². The molecule has 0 bridgehead atoms. The van der Waals surface area contributed by atoms with E-state index in [1.165, 1.54) is 17.0 Å². The van der Waals surface area contributed by atoms with Crippen LogP contribution in [-0.4, -0.2) is 10.2 Å². The van der Waals surface area contributed by atoms with Gasteiger partial charge in [-0.15, -0.1) is 11.3 Å². The number of benzene rings is 1. The van der Waals surface area contributed by atoms with Gasteiger partial charge in [0.15, 0.2) is 5.82 Å². The van der Waals surface area contributed by atoms with Crippen LogP contribution in [0.2, 0.25) is 5.02 Å². The Balaban J connectivity index is 2.17. The third-order valence-electron chi connectivity index (χ3n) is 3.25. The highest BCUT2D eigenvalue weighted by molar-refractivity contribution is 7.15. The Morgan fingerprint density at radius 3 is 2.81 bits per heavy atom. The molecule has 3 rings (SSSR count). The molecule has 21 heavy (non-hydrogen) atoms. The standard InChI is InChI=1S/C15H13ClFN3S/c1-2-9-4-6-12(21-9)14-13(15(18)20-19-14)10-5-3-8(17)7-11(10)16/h3-7H,2H2,1H3,(H3,18,19,20). The van der Waals surface area contributed by atoms with E-state index in [1.807, 2.05) is 6.07 Å². The largest absolute Gasteiger partial charge is 0.382 e. The number of halogens is 2. The fourth-order valence-corrected chi connectivity index (χ4v) is 3.41. The molecule has 0 amide bonds. The van der Waals surface area contributed by atoms with Gasteiger partial charge in [0, 0.05) is 10.4 Å². The van der Waals surface area contributed by atoms with Crippen molar-refractivity contribution in [3.63, 3.8) is 0 Å². The van der Waals surface area contributed by atoms with Gasteiger partial charge in [-0.2, -0.15) is 5.10 Å². The zero-order chi connectivity index (χ0) is 15.0. The average Bonchev–Trinajstić information content (AvgIpc) is 3.06. The number of aromatic nitrogens is 2. The van der Waals surface area contributed by atoms with Crippen LogP contribution in [0.15, 0.2) is 30.3 Å². The van der Waals surface area contributed by atoms with Gasteiger partial charge < -0.3 is 5.73 Å². The molecule has 0 aliphatic rings. The molecule has 3 N–H and O–H groups in total. The number of H-pyrrole nitrogens is 1. The van der Waals surface area contributed by atoms with E-state index in [0.29, 0.717) is 22.0 Å². The maximum atomic E-state index is 13.2. The monoisotopic (exact) mass is 321 g/mol. The van der Waals surface area contributed by atoms with Gasteiger partial charge in [0.05, 0.1) is 21.2 Å². The van der Waals surface area contributed by atoms with Crippen LogP contribution in [0, 0.1) is 5.82 Å². The number of anilines is 1. The molecule has 1 aromatic carbocycles. The van der Waals surface area contributed by atoms with Gasteiger partial charge in [-0.25, -0.2) is 4.39 Å². The first kappa shape index (κ1) is 14.1. The second-order valence-corrected chi connectivity index (χ2v) is 6.18. The van der Waals surface area contributed by atoms with Crippen molar-refractivity contribution in [2.75, 3.05) is 5.73 Å². The number of nitrogens with two attached hydrogens (primary N) is 1. The van der Waals surface area contributed by atoms with E-state index in [0.717, 1.165) is 17.0 Å². The maximum absolute atomic E-state index is 13.2. The van der Waals surface area contributed by atoms with Gasteiger partial charge in [0.2, 0.25) is 0 Å². The fourth-order valence-electron chi connectivity index (χ4n) is 2.20. The topological polar surface area (TPSA) is 54.7 Å². The summed E-state index contributed by atoms with van der Waals surface area (Å²) in [6.45, 7) is 2.11. The van der Waals surface area contributed by atoms with Crippen LogP contribution >= 0.6 is 22.9 Å².